The van der Waals surface area contributed by atoms with Gasteiger partial charge in [-0.2, -0.15) is 15.2 Å². The van der Waals surface area contributed by atoms with Gasteiger partial charge in [0.05, 0.1) is 35.5 Å². The molecule has 2 atom stereocenters. The van der Waals surface area contributed by atoms with Crippen molar-refractivity contribution in [2.24, 2.45) is 0 Å². The normalized spacial score (nSPS) is 18.2. The highest BCUT2D eigenvalue weighted by molar-refractivity contribution is 7.23. The molecule has 16 heteroatoms. The van der Waals surface area contributed by atoms with Crippen LogP contribution < -0.4 is 15.0 Å². The number of carbonyl (C=O) groups excluding carboxylic acids is 2. The number of halogens is 2. The number of likely N-dealkylation sites (tertiary alicyclic amines) is 1. The van der Waals surface area contributed by atoms with Gasteiger partial charge in [0, 0.05) is 43.2 Å². The molecule has 54 heavy (non-hydrogen) atoms. The SMILES string of the molecule is COCCOc1nc(N2C3CCC2CN(C(=O)OC(C)(C)C)C3)c2c3c(c(-c4ccc(F)c5sc(NC(=O)OC(C)(C)C)c(C#N)c45)c(F)c2n1)COC3. The summed E-state index contributed by atoms with van der Waals surface area (Å²) in [6.07, 6.45) is 0.346. The minimum absolute atomic E-state index is 0.0287. The van der Waals surface area contributed by atoms with Crippen molar-refractivity contribution in [2.45, 2.75) is 90.9 Å². The molecule has 2 unspecified atom stereocenters. The first-order valence-electron chi connectivity index (χ1n) is 17.7. The number of nitrogens with one attached hydrogen (secondary N) is 1. The number of rotatable bonds is 7. The maximum atomic E-state index is 17.6. The van der Waals surface area contributed by atoms with Crippen LogP contribution in [-0.2, 0) is 32.2 Å². The van der Waals surface area contributed by atoms with Crippen LogP contribution in [-0.4, -0.2) is 83.8 Å². The second kappa shape index (κ2) is 14.1. The van der Waals surface area contributed by atoms with Crippen molar-refractivity contribution in [2.75, 3.05) is 43.6 Å². The summed E-state index contributed by atoms with van der Waals surface area (Å²) in [6.45, 7) is 11.9. The summed E-state index contributed by atoms with van der Waals surface area (Å²) < 4.78 is 61.3. The summed E-state index contributed by atoms with van der Waals surface area (Å²) in [7, 11) is 1.53. The van der Waals surface area contributed by atoms with Crippen molar-refractivity contribution in [1.29, 1.82) is 5.26 Å². The van der Waals surface area contributed by atoms with Crippen molar-refractivity contribution in [3.63, 3.8) is 0 Å². The van der Waals surface area contributed by atoms with Crippen LogP contribution in [0.15, 0.2) is 12.1 Å². The lowest BCUT2D eigenvalue weighted by molar-refractivity contribution is 0.0209. The average Bonchev–Trinajstić information content (AvgIpc) is 3.78. The predicted molar refractivity (Wildman–Crippen MR) is 198 cm³/mol. The van der Waals surface area contributed by atoms with Gasteiger partial charge in [-0.25, -0.2) is 18.4 Å². The Morgan fingerprint density at radius 2 is 1.69 bits per heavy atom. The predicted octanol–water partition coefficient (Wildman–Crippen LogP) is 7.65. The second-order valence-corrected chi connectivity index (χ2v) is 16.6. The van der Waals surface area contributed by atoms with Crippen LogP contribution >= 0.6 is 11.3 Å². The van der Waals surface area contributed by atoms with Crippen LogP contribution in [0.2, 0.25) is 0 Å². The Morgan fingerprint density at radius 3 is 2.33 bits per heavy atom. The third-order valence-corrected chi connectivity index (χ3v) is 10.6. The fourth-order valence-corrected chi connectivity index (χ4v) is 8.50. The number of benzene rings is 2. The van der Waals surface area contributed by atoms with Gasteiger partial charge in [0.1, 0.15) is 46.0 Å². The smallest absolute Gasteiger partial charge is 0.412 e. The van der Waals surface area contributed by atoms with E-state index in [2.05, 4.69) is 21.3 Å². The Hall–Kier alpha value is -4.85. The topological polar surface area (TPSA) is 148 Å². The van der Waals surface area contributed by atoms with E-state index in [0.717, 1.165) is 24.2 Å². The van der Waals surface area contributed by atoms with Gasteiger partial charge in [0.2, 0.25) is 0 Å². The van der Waals surface area contributed by atoms with Gasteiger partial charge in [0.25, 0.3) is 0 Å². The molecule has 286 valence electrons. The number of anilines is 2. The molecule has 2 aromatic carbocycles. The largest absolute Gasteiger partial charge is 0.461 e. The molecule has 0 aliphatic carbocycles. The second-order valence-electron chi connectivity index (χ2n) is 15.6. The molecule has 2 fully saturated rings. The summed E-state index contributed by atoms with van der Waals surface area (Å²) in [5, 5.41) is 13.6. The van der Waals surface area contributed by atoms with E-state index in [1.165, 1.54) is 19.2 Å². The van der Waals surface area contributed by atoms with Gasteiger partial charge in [-0.3, -0.25) is 5.32 Å². The molecule has 13 nitrogen and oxygen atoms in total. The average molecular weight is 765 g/mol. The molecule has 0 radical (unpaired) electrons. The molecule has 2 amide bonds. The molecule has 3 aliphatic rings. The first-order valence-corrected chi connectivity index (χ1v) is 18.6. The summed E-state index contributed by atoms with van der Waals surface area (Å²) in [5.41, 5.74) is -0.0169. The van der Waals surface area contributed by atoms with Crippen molar-refractivity contribution in [1.82, 2.24) is 14.9 Å². The number of carbonyl (C=O) groups is 2. The van der Waals surface area contributed by atoms with E-state index >= 15 is 8.78 Å². The molecular weight excluding hydrogens is 723 g/mol. The molecule has 2 saturated heterocycles. The number of hydrogen-bond acceptors (Lipinski definition) is 12. The number of nitrogens with zero attached hydrogens (tertiary/aromatic N) is 5. The minimum atomic E-state index is -0.823. The monoisotopic (exact) mass is 764 g/mol. The number of hydrogen-bond donors (Lipinski definition) is 1. The van der Waals surface area contributed by atoms with Crippen LogP contribution in [0.25, 0.3) is 32.1 Å². The summed E-state index contributed by atoms with van der Waals surface area (Å²) >= 11 is 0.864. The van der Waals surface area contributed by atoms with Gasteiger partial charge in [-0.1, -0.05) is 6.07 Å². The first kappa shape index (κ1) is 37.5. The van der Waals surface area contributed by atoms with Crippen molar-refractivity contribution >= 4 is 55.3 Å². The molecule has 2 aromatic heterocycles. The zero-order valence-electron chi connectivity index (χ0n) is 31.2. The van der Waals surface area contributed by atoms with Crippen molar-refractivity contribution in [3.8, 4) is 23.2 Å². The van der Waals surface area contributed by atoms with E-state index in [0.29, 0.717) is 35.4 Å². The Balaban J connectivity index is 1.40. The van der Waals surface area contributed by atoms with Crippen LogP contribution in [0.3, 0.4) is 0 Å². The molecule has 1 N–H and O–H groups in total. The van der Waals surface area contributed by atoms with E-state index in [9.17, 15) is 14.9 Å². The van der Waals surface area contributed by atoms with E-state index < -0.39 is 28.9 Å². The summed E-state index contributed by atoms with van der Waals surface area (Å²) in [4.78, 5) is 39.2. The molecule has 3 aliphatic heterocycles. The molecule has 0 spiro atoms. The minimum Gasteiger partial charge on any atom is -0.461 e. The quantitative estimate of drug-likeness (QED) is 0.185. The number of nitriles is 1. The fraction of sp³-hybridized carbons (Fsp3) is 0.500. The third-order valence-electron chi connectivity index (χ3n) is 9.44. The van der Waals surface area contributed by atoms with Gasteiger partial charge >= 0.3 is 18.2 Å². The van der Waals surface area contributed by atoms with Gasteiger partial charge in [0.15, 0.2) is 5.82 Å². The number of aromatic nitrogens is 2. The van der Waals surface area contributed by atoms with Gasteiger partial charge in [-0.15, -0.1) is 11.3 Å². The van der Waals surface area contributed by atoms with Crippen molar-refractivity contribution in [3.05, 3.63) is 40.5 Å². The molecule has 4 aromatic rings. The van der Waals surface area contributed by atoms with E-state index in [4.69, 9.17) is 28.7 Å². The summed E-state index contributed by atoms with van der Waals surface area (Å²) in [5.74, 6) is -0.891. The molecular formula is C38H42F2N6O7S. The lowest BCUT2D eigenvalue weighted by atomic mass is 9.90. The van der Waals surface area contributed by atoms with Gasteiger partial charge in [-0.05, 0) is 77.1 Å². The Labute approximate surface area is 315 Å². The number of ether oxygens (including phenoxy) is 5. The number of piperazine rings is 1. The Bertz CT molecular complexity index is 2200. The van der Waals surface area contributed by atoms with Crippen LogP contribution in [0.5, 0.6) is 6.01 Å². The van der Waals surface area contributed by atoms with Crippen LogP contribution in [0.4, 0.5) is 29.2 Å². The van der Waals surface area contributed by atoms with Crippen LogP contribution in [0, 0.1) is 23.0 Å². The first-order chi connectivity index (χ1) is 25.6. The highest BCUT2D eigenvalue weighted by Gasteiger charge is 2.45. The Kier molecular flexibility index (Phi) is 9.78. The number of fused-ring (bicyclic) bond motifs is 6. The van der Waals surface area contributed by atoms with E-state index in [1.807, 2.05) is 20.8 Å². The molecule has 2 bridgehead atoms. The van der Waals surface area contributed by atoms with E-state index in [-0.39, 0.29) is 87.9 Å². The highest BCUT2D eigenvalue weighted by atomic mass is 32.1. The summed E-state index contributed by atoms with van der Waals surface area (Å²) in [6, 6.07) is 4.40. The maximum Gasteiger partial charge on any atom is 0.412 e. The number of thiophene rings is 1. The standard InChI is InChI=1S/C38H42F2N6O7S/c1-37(2,3)52-35(47)44-33-22(14-41)27-21(10-11-25(39)31(27)54-33)26-23-17-50-18-24(23)28-30(29(26)40)42-34(51-13-12-49-7)43-32(28)46-19-8-9-20(46)16-45(15-19)36(48)53-38(4,5)6/h10-11,19-20H,8-9,12-13,15-18H2,1-7H3,(H,44,47). The number of amides is 2. The fourth-order valence-electron chi connectivity index (χ4n) is 7.44. The zero-order valence-corrected chi connectivity index (χ0v) is 32.0. The molecule has 0 saturated carbocycles. The molecule has 7 rings (SSSR count). The highest BCUT2D eigenvalue weighted by Crippen LogP contribution is 2.49. The van der Waals surface area contributed by atoms with Crippen LogP contribution in [0.1, 0.15) is 71.1 Å². The third kappa shape index (κ3) is 6.96. The maximum absolute atomic E-state index is 17.6. The number of methoxy groups -OCH3 is 1. The molecule has 5 heterocycles. The van der Waals surface area contributed by atoms with E-state index in [1.54, 1.807) is 25.7 Å². The zero-order chi connectivity index (χ0) is 38.7. The lowest BCUT2D eigenvalue weighted by Crippen LogP contribution is -2.56. The van der Waals surface area contributed by atoms with Gasteiger partial charge < -0.3 is 33.5 Å². The lowest BCUT2D eigenvalue weighted by Gasteiger charge is -2.42. The van der Waals surface area contributed by atoms with Crippen molar-refractivity contribution < 1.29 is 42.1 Å². The Morgan fingerprint density at radius 1 is 1.00 bits per heavy atom.